The maximum Gasteiger partial charge on any atom is 0.325 e. The number of ether oxygens (including phenoxy) is 1. The lowest BCUT2D eigenvalue weighted by molar-refractivity contribution is -0.139. The van der Waals surface area contributed by atoms with Gasteiger partial charge in [-0.15, -0.1) is 0 Å². The van der Waals surface area contributed by atoms with E-state index in [9.17, 15) is 22.8 Å². The summed E-state index contributed by atoms with van der Waals surface area (Å²) in [6.45, 7) is -0.733. The molecule has 11 heteroatoms. The molecule has 2 rings (SSSR count). The SMILES string of the molecule is COC(=O)CNC(=O)c1cccc(NC(=O)CN(C)S(=O)(=O)c2ccc(Cl)cc2)c1. The van der Waals surface area contributed by atoms with E-state index in [4.69, 9.17) is 11.6 Å². The number of esters is 1. The van der Waals surface area contributed by atoms with Gasteiger partial charge in [-0.3, -0.25) is 14.4 Å². The first-order valence-electron chi connectivity index (χ1n) is 8.60. The van der Waals surface area contributed by atoms with Crippen LogP contribution in [0.1, 0.15) is 10.4 Å². The van der Waals surface area contributed by atoms with Crippen LogP contribution in [0.5, 0.6) is 0 Å². The van der Waals surface area contributed by atoms with Gasteiger partial charge in [-0.1, -0.05) is 17.7 Å². The molecule has 0 unspecified atom stereocenters. The van der Waals surface area contributed by atoms with Gasteiger partial charge in [0.25, 0.3) is 5.91 Å². The van der Waals surface area contributed by atoms with Crippen LogP contribution in [-0.2, 0) is 24.3 Å². The molecular formula is C19H20ClN3O6S. The van der Waals surface area contributed by atoms with Gasteiger partial charge in [-0.25, -0.2) is 8.42 Å². The number of likely N-dealkylation sites (N-methyl/N-ethyl adjacent to an activating group) is 1. The topological polar surface area (TPSA) is 122 Å². The first-order valence-corrected chi connectivity index (χ1v) is 10.4. The number of amides is 2. The molecule has 0 aromatic heterocycles. The molecule has 0 fully saturated rings. The van der Waals surface area contributed by atoms with E-state index >= 15 is 0 Å². The summed E-state index contributed by atoms with van der Waals surface area (Å²) in [5.41, 5.74) is 0.502. The molecule has 0 saturated carbocycles. The second kappa shape index (κ2) is 10.2. The third kappa shape index (κ3) is 6.28. The van der Waals surface area contributed by atoms with E-state index in [0.717, 1.165) is 4.31 Å². The van der Waals surface area contributed by atoms with Gasteiger partial charge in [-0.05, 0) is 42.5 Å². The number of nitrogens with one attached hydrogen (secondary N) is 2. The Morgan fingerprint density at radius 1 is 1.10 bits per heavy atom. The summed E-state index contributed by atoms with van der Waals surface area (Å²) in [7, 11) is -1.40. The molecule has 2 aromatic rings. The smallest absolute Gasteiger partial charge is 0.325 e. The molecular weight excluding hydrogens is 434 g/mol. The molecule has 0 aliphatic heterocycles. The number of sulfonamides is 1. The van der Waals surface area contributed by atoms with E-state index in [-0.39, 0.29) is 17.0 Å². The highest BCUT2D eigenvalue weighted by molar-refractivity contribution is 7.89. The van der Waals surface area contributed by atoms with Crippen molar-refractivity contribution >= 4 is 45.1 Å². The fraction of sp³-hybridized carbons (Fsp3) is 0.211. The van der Waals surface area contributed by atoms with Gasteiger partial charge in [0.1, 0.15) is 6.54 Å². The average molecular weight is 454 g/mol. The van der Waals surface area contributed by atoms with Crippen molar-refractivity contribution in [3.8, 4) is 0 Å². The molecule has 0 aliphatic carbocycles. The lowest BCUT2D eigenvalue weighted by atomic mass is 10.2. The molecule has 0 aliphatic rings. The number of hydrogen-bond donors (Lipinski definition) is 2. The van der Waals surface area contributed by atoms with Gasteiger partial charge < -0.3 is 15.4 Å². The van der Waals surface area contributed by atoms with Crippen LogP contribution in [0.3, 0.4) is 0 Å². The number of carbonyl (C=O) groups is 3. The summed E-state index contributed by atoms with van der Waals surface area (Å²) in [5.74, 6) is -1.72. The van der Waals surface area contributed by atoms with E-state index in [0.29, 0.717) is 10.7 Å². The van der Waals surface area contributed by atoms with Crippen LogP contribution < -0.4 is 10.6 Å². The Kier molecular flexibility index (Phi) is 7.93. The Bertz CT molecular complexity index is 1040. The predicted molar refractivity (Wildman–Crippen MR) is 111 cm³/mol. The maximum absolute atomic E-state index is 12.5. The fourth-order valence-corrected chi connectivity index (χ4v) is 3.59. The van der Waals surface area contributed by atoms with Gasteiger partial charge in [-0.2, -0.15) is 4.31 Å². The zero-order chi connectivity index (χ0) is 22.3. The molecule has 2 amide bonds. The van der Waals surface area contributed by atoms with Gasteiger partial charge >= 0.3 is 5.97 Å². The first kappa shape index (κ1) is 23.3. The normalized spacial score (nSPS) is 11.1. The Hall–Kier alpha value is -2.95. The zero-order valence-corrected chi connectivity index (χ0v) is 17.8. The molecule has 160 valence electrons. The van der Waals surface area contributed by atoms with E-state index in [1.54, 1.807) is 6.07 Å². The molecule has 0 spiro atoms. The van der Waals surface area contributed by atoms with E-state index in [1.165, 1.54) is 56.6 Å². The summed E-state index contributed by atoms with van der Waals surface area (Å²) in [5, 5.41) is 5.31. The Morgan fingerprint density at radius 2 is 1.77 bits per heavy atom. The van der Waals surface area contributed by atoms with Crippen LogP contribution >= 0.6 is 11.6 Å². The second-order valence-electron chi connectivity index (χ2n) is 6.10. The molecule has 30 heavy (non-hydrogen) atoms. The summed E-state index contributed by atoms with van der Waals surface area (Å²) < 4.78 is 30.4. The summed E-state index contributed by atoms with van der Waals surface area (Å²) in [4.78, 5) is 35.5. The molecule has 0 radical (unpaired) electrons. The third-order valence-corrected chi connectivity index (χ3v) is 5.99. The highest BCUT2D eigenvalue weighted by Crippen LogP contribution is 2.17. The number of hydrogen-bond acceptors (Lipinski definition) is 6. The number of benzene rings is 2. The third-order valence-electron chi connectivity index (χ3n) is 3.92. The van der Waals surface area contributed by atoms with Crippen LogP contribution in [0.15, 0.2) is 53.4 Å². The minimum atomic E-state index is -3.88. The van der Waals surface area contributed by atoms with E-state index in [1.807, 2.05) is 0 Å². The summed E-state index contributed by atoms with van der Waals surface area (Å²) >= 11 is 5.77. The highest BCUT2D eigenvalue weighted by Gasteiger charge is 2.23. The van der Waals surface area contributed by atoms with Gasteiger partial charge in [0.2, 0.25) is 15.9 Å². The summed E-state index contributed by atoms with van der Waals surface area (Å²) in [6, 6.07) is 11.6. The highest BCUT2D eigenvalue weighted by atomic mass is 35.5. The van der Waals surface area contributed by atoms with Crippen molar-refractivity contribution in [1.29, 1.82) is 0 Å². The first-order chi connectivity index (χ1) is 14.1. The minimum absolute atomic E-state index is 0.00599. The van der Waals surface area contributed by atoms with Crippen LogP contribution in [-0.4, -0.2) is 57.8 Å². The van der Waals surface area contributed by atoms with Crippen molar-refractivity contribution in [2.24, 2.45) is 0 Å². The molecule has 0 heterocycles. The number of rotatable bonds is 8. The van der Waals surface area contributed by atoms with Gasteiger partial charge in [0.15, 0.2) is 0 Å². The number of carbonyl (C=O) groups excluding carboxylic acids is 3. The molecule has 2 aromatic carbocycles. The molecule has 0 atom stereocenters. The van der Waals surface area contributed by atoms with Crippen molar-refractivity contribution in [2.75, 3.05) is 32.6 Å². The predicted octanol–water partition coefficient (Wildman–Crippen LogP) is 1.50. The van der Waals surface area contributed by atoms with E-state index in [2.05, 4.69) is 15.4 Å². The molecule has 9 nitrogen and oxygen atoms in total. The van der Waals surface area contributed by atoms with Crippen LogP contribution in [0.2, 0.25) is 5.02 Å². The number of anilines is 1. The molecule has 2 N–H and O–H groups in total. The Labute approximate surface area is 179 Å². The standard InChI is InChI=1S/C19H20ClN3O6S/c1-23(30(27,28)16-8-6-14(20)7-9-16)12-17(24)22-15-5-3-4-13(10-15)19(26)21-11-18(25)29-2/h3-10H,11-12H2,1-2H3,(H,21,26)(H,22,24). The lowest BCUT2D eigenvalue weighted by Crippen LogP contribution is -2.35. The van der Waals surface area contributed by atoms with Crippen molar-refractivity contribution in [1.82, 2.24) is 9.62 Å². The van der Waals surface area contributed by atoms with Gasteiger partial charge in [0.05, 0.1) is 18.6 Å². The Balaban J connectivity index is 2.01. The number of nitrogens with zero attached hydrogens (tertiary/aromatic N) is 1. The minimum Gasteiger partial charge on any atom is -0.468 e. The van der Waals surface area contributed by atoms with Crippen LogP contribution in [0, 0.1) is 0 Å². The molecule has 0 saturated heterocycles. The van der Waals surface area contributed by atoms with E-state index < -0.39 is 34.4 Å². The van der Waals surface area contributed by atoms with Crippen molar-refractivity contribution in [3.63, 3.8) is 0 Å². The quantitative estimate of drug-likeness (QED) is 0.584. The second-order valence-corrected chi connectivity index (χ2v) is 8.58. The van der Waals surface area contributed by atoms with Crippen molar-refractivity contribution in [2.45, 2.75) is 4.90 Å². The largest absolute Gasteiger partial charge is 0.468 e. The molecule has 0 bridgehead atoms. The van der Waals surface area contributed by atoms with Crippen LogP contribution in [0.4, 0.5) is 5.69 Å². The maximum atomic E-state index is 12.5. The lowest BCUT2D eigenvalue weighted by Gasteiger charge is -2.17. The summed E-state index contributed by atoms with van der Waals surface area (Å²) in [6.07, 6.45) is 0. The fourth-order valence-electron chi connectivity index (χ4n) is 2.34. The van der Waals surface area contributed by atoms with Crippen LogP contribution in [0.25, 0.3) is 0 Å². The number of methoxy groups -OCH3 is 1. The monoisotopic (exact) mass is 453 g/mol. The van der Waals surface area contributed by atoms with Gasteiger partial charge in [0, 0.05) is 23.3 Å². The Morgan fingerprint density at radius 3 is 2.40 bits per heavy atom. The number of halogens is 1. The van der Waals surface area contributed by atoms with Crippen molar-refractivity contribution in [3.05, 3.63) is 59.1 Å². The van der Waals surface area contributed by atoms with Crippen molar-refractivity contribution < 1.29 is 27.5 Å². The average Bonchev–Trinajstić information content (AvgIpc) is 2.72. The zero-order valence-electron chi connectivity index (χ0n) is 16.2.